The van der Waals surface area contributed by atoms with E-state index in [1.807, 2.05) is 0 Å². The van der Waals surface area contributed by atoms with Crippen molar-refractivity contribution in [1.29, 1.82) is 0 Å². The Morgan fingerprint density at radius 1 is 1.35 bits per heavy atom. The van der Waals surface area contributed by atoms with Gasteiger partial charge in [0.25, 0.3) is 0 Å². The van der Waals surface area contributed by atoms with E-state index in [0.29, 0.717) is 18.9 Å². The maximum absolute atomic E-state index is 12.0. The van der Waals surface area contributed by atoms with Crippen LogP contribution in [-0.4, -0.2) is 18.0 Å². The van der Waals surface area contributed by atoms with Crippen molar-refractivity contribution in [2.75, 3.05) is 6.54 Å². The number of nitrogens with one attached hydrogen (secondary N) is 1. The predicted molar refractivity (Wildman–Crippen MR) is 71.7 cm³/mol. The Morgan fingerprint density at radius 3 is 2.53 bits per heavy atom. The molecule has 3 N–H and O–H groups in total. The average molecular weight is 240 g/mol. The Kier molecular flexibility index (Phi) is 5.96. The van der Waals surface area contributed by atoms with E-state index in [1.54, 1.807) is 0 Å². The van der Waals surface area contributed by atoms with E-state index in [1.165, 1.54) is 32.1 Å². The molecule has 100 valence electrons. The number of nitrogens with two attached hydrogens (primary N) is 1. The number of carbonyl (C=O) groups is 1. The van der Waals surface area contributed by atoms with Crippen LogP contribution >= 0.6 is 0 Å². The van der Waals surface area contributed by atoms with Gasteiger partial charge in [0.15, 0.2) is 0 Å². The summed E-state index contributed by atoms with van der Waals surface area (Å²) in [5.41, 5.74) is 5.49. The molecule has 0 aromatic carbocycles. The van der Waals surface area contributed by atoms with E-state index in [9.17, 15) is 4.79 Å². The fourth-order valence-corrected chi connectivity index (χ4v) is 2.69. The zero-order valence-electron chi connectivity index (χ0n) is 11.4. The van der Waals surface area contributed by atoms with Crippen LogP contribution in [0.25, 0.3) is 0 Å². The lowest BCUT2D eigenvalue weighted by Crippen LogP contribution is -2.47. The molecule has 1 unspecified atom stereocenters. The number of carbonyl (C=O) groups excluding carboxylic acids is 1. The smallest absolute Gasteiger partial charge is 0.220 e. The lowest BCUT2D eigenvalue weighted by molar-refractivity contribution is -0.124. The first-order chi connectivity index (χ1) is 8.09. The zero-order valence-corrected chi connectivity index (χ0v) is 11.4. The lowest BCUT2D eigenvalue weighted by Gasteiger charge is -2.30. The highest BCUT2D eigenvalue weighted by Crippen LogP contribution is 2.26. The van der Waals surface area contributed by atoms with Crippen LogP contribution in [0.5, 0.6) is 0 Å². The van der Waals surface area contributed by atoms with Crippen molar-refractivity contribution < 1.29 is 4.79 Å². The van der Waals surface area contributed by atoms with E-state index in [4.69, 9.17) is 5.73 Å². The summed E-state index contributed by atoms with van der Waals surface area (Å²) < 4.78 is 0. The molecule has 1 fully saturated rings. The molecular weight excluding hydrogens is 212 g/mol. The third-order valence-electron chi connectivity index (χ3n) is 4.12. The van der Waals surface area contributed by atoms with E-state index in [2.05, 4.69) is 19.2 Å². The molecule has 17 heavy (non-hydrogen) atoms. The van der Waals surface area contributed by atoms with Gasteiger partial charge < -0.3 is 11.1 Å². The first-order valence-corrected chi connectivity index (χ1v) is 7.10. The molecule has 0 saturated heterocycles. The van der Waals surface area contributed by atoms with Gasteiger partial charge in [-0.15, -0.1) is 0 Å². The highest BCUT2D eigenvalue weighted by molar-refractivity contribution is 5.77. The maximum Gasteiger partial charge on any atom is 0.220 e. The minimum atomic E-state index is -0.111. The van der Waals surface area contributed by atoms with Gasteiger partial charge in [0, 0.05) is 12.0 Å². The van der Waals surface area contributed by atoms with Gasteiger partial charge in [-0.2, -0.15) is 0 Å². The summed E-state index contributed by atoms with van der Waals surface area (Å²) in [4.78, 5) is 12.0. The third kappa shape index (κ3) is 5.07. The average Bonchev–Trinajstić information content (AvgIpc) is 2.30. The van der Waals surface area contributed by atoms with Gasteiger partial charge in [-0.05, 0) is 45.1 Å². The van der Waals surface area contributed by atoms with Gasteiger partial charge in [-0.25, -0.2) is 0 Å². The molecule has 1 aliphatic carbocycles. The standard InChI is InChI=1S/C14H28N2O/c1-3-14(2,9-10-15)16-13(17)11-12-7-5-4-6-8-12/h12H,3-11,15H2,1-2H3,(H,16,17). The van der Waals surface area contributed by atoms with Gasteiger partial charge in [0.05, 0.1) is 0 Å². The molecule has 1 amide bonds. The normalized spacial score (nSPS) is 20.9. The molecule has 1 atom stereocenters. The van der Waals surface area contributed by atoms with E-state index in [-0.39, 0.29) is 11.4 Å². The molecule has 1 rings (SSSR count). The summed E-state index contributed by atoms with van der Waals surface area (Å²) in [6.07, 6.45) is 8.91. The van der Waals surface area contributed by atoms with Crippen molar-refractivity contribution in [2.24, 2.45) is 11.7 Å². The minimum absolute atomic E-state index is 0.111. The molecule has 0 aliphatic heterocycles. The Hall–Kier alpha value is -0.570. The molecule has 0 bridgehead atoms. The lowest BCUT2D eigenvalue weighted by atomic mass is 9.86. The van der Waals surface area contributed by atoms with Crippen LogP contribution in [-0.2, 0) is 4.79 Å². The van der Waals surface area contributed by atoms with E-state index < -0.39 is 0 Å². The summed E-state index contributed by atoms with van der Waals surface area (Å²) in [5.74, 6) is 0.831. The molecule has 3 nitrogen and oxygen atoms in total. The third-order valence-corrected chi connectivity index (χ3v) is 4.12. The van der Waals surface area contributed by atoms with Crippen LogP contribution < -0.4 is 11.1 Å². The fourth-order valence-electron chi connectivity index (χ4n) is 2.69. The van der Waals surface area contributed by atoms with Gasteiger partial charge >= 0.3 is 0 Å². The highest BCUT2D eigenvalue weighted by Gasteiger charge is 2.25. The van der Waals surface area contributed by atoms with Crippen molar-refractivity contribution in [3.05, 3.63) is 0 Å². The van der Waals surface area contributed by atoms with Crippen molar-refractivity contribution in [3.8, 4) is 0 Å². The summed E-state index contributed by atoms with van der Waals surface area (Å²) in [6.45, 7) is 4.84. The van der Waals surface area contributed by atoms with E-state index in [0.717, 1.165) is 12.8 Å². The van der Waals surface area contributed by atoms with Crippen molar-refractivity contribution >= 4 is 5.91 Å². The molecule has 0 aromatic rings. The Labute approximate surface area is 106 Å². The maximum atomic E-state index is 12.0. The minimum Gasteiger partial charge on any atom is -0.351 e. The first kappa shape index (κ1) is 14.5. The van der Waals surface area contributed by atoms with Gasteiger partial charge in [-0.1, -0.05) is 26.2 Å². The molecule has 3 heteroatoms. The molecule has 0 heterocycles. The predicted octanol–water partition coefficient (Wildman–Crippen LogP) is 2.59. The van der Waals surface area contributed by atoms with Gasteiger partial charge in [-0.3, -0.25) is 4.79 Å². The Morgan fingerprint density at radius 2 is 2.00 bits per heavy atom. The highest BCUT2D eigenvalue weighted by atomic mass is 16.1. The Bertz CT molecular complexity index is 236. The van der Waals surface area contributed by atoms with Crippen LogP contribution in [0.2, 0.25) is 0 Å². The summed E-state index contributed by atoms with van der Waals surface area (Å²) in [6, 6.07) is 0. The first-order valence-electron chi connectivity index (χ1n) is 7.10. The topological polar surface area (TPSA) is 55.1 Å². The second kappa shape index (κ2) is 7.00. The SMILES string of the molecule is CCC(C)(CCN)NC(=O)CC1CCCCC1. The summed E-state index contributed by atoms with van der Waals surface area (Å²) in [5, 5.41) is 3.17. The van der Waals surface area contributed by atoms with Crippen molar-refractivity contribution in [1.82, 2.24) is 5.32 Å². The van der Waals surface area contributed by atoms with Crippen LogP contribution in [0.15, 0.2) is 0 Å². The van der Waals surface area contributed by atoms with Crippen LogP contribution in [0.1, 0.15) is 65.2 Å². The monoisotopic (exact) mass is 240 g/mol. The number of rotatable bonds is 6. The van der Waals surface area contributed by atoms with Gasteiger partial charge in [0.2, 0.25) is 5.91 Å². The molecule has 1 aliphatic rings. The molecular formula is C14H28N2O. The van der Waals surface area contributed by atoms with Crippen molar-refractivity contribution in [2.45, 2.75) is 70.8 Å². The fraction of sp³-hybridized carbons (Fsp3) is 0.929. The second-order valence-corrected chi connectivity index (χ2v) is 5.71. The van der Waals surface area contributed by atoms with Gasteiger partial charge in [0.1, 0.15) is 0 Å². The molecule has 0 radical (unpaired) electrons. The number of amides is 1. The molecule has 0 spiro atoms. The van der Waals surface area contributed by atoms with E-state index >= 15 is 0 Å². The van der Waals surface area contributed by atoms with Crippen LogP contribution in [0, 0.1) is 5.92 Å². The summed E-state index contributed by atoms with van der Waals surface area (Å²) in [7, 11) is 0. The van der Waals surface area contributed by atoms with Crippen molar-refractivity contribution in [3.63, 3.8) is 0 Å². The molecule has 1 saturated carbocycles. The summed E-state index contributed by atoms with van der Waals surface area (Å²) >= 11 is 0. The molecule has 0 aromatic heterocycles. The largest absolute Gasteiger partial charge is 0.351 e. The quantitative estimate of drug-likeness (QED) is 0.750. The number of hydrogen-bond acceptors (Lipinski definition) is 2. The zero-order chi connectivity index (χ0) is 12.7. The number of hydrogen-bond donors (Lipinski definition) is 2. The van der Waals surface area contributed by atoms with Crippen LogP contribution in [0.3, 0.4) is 0 Å². The van der Waals surface area contributed by atoms with Crippen LogP contribution in [0.4, 0.5) is 0 Å². The second-order valence-electron chi connectivity index (χ2n) is 5.71. The Balaban J connectivity index is 2.36.